The summed E-state index contributed by atoms with van der Waals surface area (Å²) in [7, 11) is 0. The van der Waals surface area contributed by atoms with E-state index >= 15 is 0 Å². The molecule has 0 saturated carbocycles. The summed E-state index contributed by atoms with van der Waals surface area (Å²) < 4.78 is 0. The molecule has 2 aromatic heterocycles. The molecule has 0 amide bonds. The summed E-state index contributed by atoms with van der Waals surface area (Å²) in [6, 6.07) is 8.44. The summed E-state index contributed by atoms with van der Waals surface area (Å²) in [5.74, 6) is 0.534. The first-order chi connectivity index (χ1) is 9.58. The number of nitrogens with one attached hydrogen (secondary N) is 1. The molecule has 6 heteroatoms. The maximum atomic E-state index is 5.92. The van der Waals surface area contributed by atoms with Crippen LogP contribution in [0.4, 0.5) is 0 Å². The SMILES string of the molecule is CC(C)(CN=C(N)NCCc1cccs1)c1cccs1.I. The van der Waals surface area contributed by atoms with E-state index in [1.165, 1.54) is 9.75 Å². The van der Waals surface area contributed by atoms with Crippen LogP contribution in [0.25, 0.3) is 0 Å². The Labute approximate surface area is 151 Å². The van der Waals surface area contributed by atoms with Gasteiger partial charge in [-0.1, -0.05) is 26.0 Å². The van der Waals surface area contributed by atoms with Crippen LogP contribution in [0.15, 0.2) is 40.0 Å². The van der Waals surface area contributed by atoms with E-state index in [2.05, 4.69) is 59.2 Å². The number of aliphatic imine (C=N–C) groups is 1. The summed E-state index contributed by atoms with van der Waals surface area (Å²) in [4.78, 5) is 7.17. The molecule has 0 radical (unpaired) electrons. The molecular weight excluding hydrogens is 413 g/mol. The van der Waals surface area contributed by atoms with Crippen molar-refractivity contribution in [2.24, 2.45) is 10.7 Å². The maximum Gasteiger partial charge on any atom is 0.188 e. The average Bonchev–Trinajstić information content (AvgIpc) is 3.09. The van der Waals surface area contributed by atoms with Gasteiger partial charge in [-0.2, -0.15) is 0 Å². The number of hydrogen-bond donors (Lipinski definition) is 2. The van der Waals surface area contributed by atoms with Crippen molar-refractivity contribution in [3.05, 3.63) is 44.8 Å². The van der Waals surface area contributed by atoms with E-state index in [0.29, 0.717) is 12.5 Å². The average molecular weight is 435 g/mol. The minimum Gasteiger partial charge on any atom is -0.370 e. The van der Waals surface area contributed by atoms with Crippen molar-refractivity contribution in [2.75, 3.05) is 13.1 Å². The van der Waals surface area contributed by atoms with Crippen LogP contribution in [0, 0.1) is 0 Å². The van der Waals surface area contributed by atoms with E-state index in [1.54, 1.807) is 22.7 Å². The molecular formula is C15H22IN3S2. The molecule has 21 heavy (non-hydrogen) atoms. The van der Waals surface area contributed by atoms with E-state index in [4.69, 9.17) is 5.73 Å². The minimum atomic E-state index is 0. The number of thiophene rings is 2. The van der Waals surface area contributed by atoms with Gasteiger partial charge in [0.25, 0.3) is 0 Å². The number of nitrogens with zero attached hydrogens (tertiary/aromatic N) is 1. The van der Waals surface area contributed by atoms with E-state index < -0.39 is 0 Å². The number of rotatable bonds is 6. The maximum absolute atomic E-state index is 5.92. The third kappa shape index (κ3) is 5.96. The normalized spacial score (nSPS) is 12.0. The first-order valence-corrected chi connectivity index (χ1v) is 8.44. The van der Waals surface area contributed by atoms with Crippen LogP contribution in [0.1, 0.15) is 23.6 Å². The summed E-state index contributed by atoms with van der Waals surface area (Å²) in [6.07, 6.45) is 0.988. The van der Waals surface area contributed by atoms with Gasteiger partial charge in [-0.05, 0) is 29.3 Å². The van der Waals surface area contributed by atoms with Crippen LogP contribution >= 0.6 is 46.7 Å². The lowest BCUT2D eigenvalue weighted by atomic mass is 9.92. The number of hydrogen-bond acceptors (Lipinski definition) is 3. The number of nitrogens with two attached hydrogens (primary N) is 1. The molecule has 0 aliphatic carbocycles. The van der Waals surface area contributed by atoms with Crippen molar-refractivity contribution in [3.63, 3.8) is 0 Å². The van der Waals surface area contributed by atoms with Gasteiger partial charge in [0.05, 0.1) is 6.54 Å². The highest BCUT2D eigenvalue weighted by molar-refractivity contribution is 14.0. The fourth-order valence-electron chi connectivity index (χ4n) is 1.85. The summed E-state index contributed by atoms with van der Waals surface area (Å²) >= 11 is 3.54. The highest BCUT2D eigenvalue weighted by Gasteiger charge is 2.21. The predicted molar refractivity (Wildman–Crippen MR) is 105 cm³/mol. The van der Waals surface area contributed by atoms with Gasteiger partial charge in [0, 0.05) is 21.7 Å². The van der Waals surface area contributed by atoms with E-state index in [1.807, 2.05) is 0 Å². The molecule has 0 saturated heterocycles. The Morgan fingerprint density at radius 3 is 2.57 bits per heavy atom. The largest absolute Gasteiger partial charge is 0.370 e. The van der Waals surface area contributed by atoms with Crippen LogP contribution in [0.2, 0.25) is 0 Å². The fourth-order valence-corrected chi connectivity index (χ4v) is 3.40. The van der Waals surface area contributed by atoms with Crippen molar-refractivity contribution in [1.29, 1.82) is 0 Å². The topological polar surface area (TPSA) is 50.4 Å². The zero-order valence-corrected chi connectivity index (χ0v) is 16.3. The van der Waals surface area contributed by atoms with Gasteiger partial charge in [0.2, 0.25) is 0 Å². The number of guanidine groups is 1. The van der Waals surface area contributed by atoms with Crippen LogP contribution < -0.4 is 11.1 Å². The quantitative estimate of drug-likeness (QED) is 0.412. The van der Waals surface area contributed by atoms with E-state index in [9.17, 15) is 0 Å². The Morgan fingerprint density at radius 1 is 1.24 bits per heavy atom. The summed E-state index contributed by atoms with van der Waals surface area (Å²) in [6.45, 7) is 5.92. The second kappa shape index (κ2) is 8.75. The van der Waals surface area contributed by atoms with Crippen LogP contribution in [-0.2, 0) is 11.8 Å². The van der Waals surface area contributed by atoms with Crippen LogP contribution in [0.5, 0.6) is 0 Å². The third-order valence-electron chi connectivity index (χ3n) is 3.09. The molecule has 3 nitrogen and oxygen atoms in total. The van der Waals surface area contributed by atoms with Gasteiger partial charge in [-0.3, -0.25) is 4.99 Å². The van der Waals surface area contributed by atoms with Crippen molar-refractivity contribution >= 4 is 52.6 Å². The van der Waals surface area contributed by atoms with E-state index in [0.717, 1.165) is 13.0 Å². The van der Waals surface area contributed by atoms with Gasteiger partial charge in [-0.25, -0.2) is 0 Å². The molecule has 0 atom stereocenters. The minimum absolute atomic E-state index is 0. The number of halogens is 1. The molecule has 116 valence electrons. The Balaban J connectivity index is 0.00000220. The molecule has 2 heterocycles. The molecule has 0 unspecified atom stereocenters. The molecule has 0 bridgehead atoms. The van der Waals surface area contributed by atoms with E-state index in [-0.39, 0.29) is 29.4 Å². The molecule has 0 fully saturated rings. The van der Waals surface area contributed by atoms with Gasteiger partial charge < -0.3 is 11.1 Å². The van der Waals surface area contributed by atoms with Gasteiger partial charge in [0.15, 0.2) is 5.96 Å². The third-order valence-corrected chi connectivity index (χ3v) is 5.26. The highest BCUT2D eigenvalue weighted by atomic mass is 127. The Hall–Kier alpha value is -0.600. The van der Waals surface area contributed by atoms with Crippen molar-refractivity contribution in [1.82, 2.24) is 5.32 Å². The van der Waals surface area contributed by atoms with Gasteiger partial charge in [0.1, 0.15) is 0 Å². The molecule has 0 aliphatic heterocycles. The lowest BCUT2D eigenvalue weighted by molar-refractivity contribution is 0.550. The molecule has 2 rings (SSSR count). The Morgan fingerprint density at radius 2 is 1.95 bits per heavy atom. The first kappa shape index (κ1) is 18.4. The van der Waals surface area contributed by atoms with Crippen LogP contribution in [0.3, 0.4) is 0 Å². The van der Waals surface area contributed by atoms with Gasteiger partial charge >= 0.3 is 0 Å². The molecule has 3 N–H and O–H groups in total. The second-order valence-electron chi connectivity index (χ2n) is 5.32. The standard InChI is InChI=1S/C15H21N3S2.HI/c1-15(2,13-6-4-10-20-13)11-18-14(16)17-8-7-12-5-3-9-19-12;/h3-6,9-10H,7-8,11H2,1-2H3,(H3,16,17,18);1H. The Bertz CT molecular complexity index is 533. The van der Waals surface area contributed by atoms with Crippen molar-refractivity contribution < 1.29 is 0 Å². The lowest BCUT2D eigenvalue weighted by Crippen LogP contribution is -2.34. The smallest absolute Gasteiger partial charge is 0.188 e. The Kier molecular flexibility index (Phi) is 7.69. The fraction of sp³-hybridized carbons (Fsp3) is 0.400. The second-order valence-corrected chi connectivity index (χ2v) is 7.30. The lowest BCUT2D eigenvalue weighted by Gasteiger charge is -2.20. The molecule has 2 aromatic rings. The van der Waals surface area contributed by atoms with Crippen molar-refractivity contribution in [2.45, 2.75) is 25.7 Å². The highest BCUT2D eigenvalue weighted by Crippen LogP contribution is 2.27. The van der Waals surface area contributed by atoms with Gasteiger partial charge in [-0.15, -0.1) is 46.7 Å². The first-order valence-electron chi connectivity index (χ1n) is 6.68. The monoisotopic (exact) mass is 435 g/mol. The van der Waals surface area contributed by atoms with Crippen LogP contribution in [-0.4, -0.2) is 19.0 Å². The zero-order valence-electron chi connectivity index (χ0n) is 12.3. The molecule has 0 spiro atoms. The molecule has 0 aliphatic rings. The summed E-state index contributed by atoms with van der Waals surface area (Å²) in [5.41, 5.74) is 5.96. The van der Waals surface area contributed by atoms with Crippen molar-refractivity contribution in [3.8, 4) is 0 Å². The predicted octanol–water partition coefficient (Wildman–Crippen LogP) is 3.85. The summed E-state index contributed by atoms with van der Waals surface area (Å²) in [5, 5.41) is 7.37. The zero-order chi connectivity index (χ0) is 14.4. The molecule has 0 aromatic carbocycles.